The Bertz CT molecular complexity index is 340. The van der Waals surface area contributed by atoms with E-state index in [1.54, 1.807) is 0 Å². The molecular weight excluding hydrogens is 290 g/mol. The van der Waals surface area contributed by atoms with Crippen molar-refractivity contribution in [2.45, 2.75) is 64.0 Å². The Morgan fingerprint density at radius 1 is 1.19 bits per heavy atom. The lowest BCUT2D eigenvalue weighted by molar-refractivity contribution is -0.126. The summed E-state index contributed by atoms with van der Waals surface area (Å²) in [6.45, 7) is 3.81. The highest BCUT2D eigenvalue weighted by Crippen LogP contribution is 2.24. The molecule has 2 amide bonds. The third-order valence-corrected chi connectivity index (χ3v) is 4.27. The lowest BCUT2D eigenvalue weighted by atomic mass is 10.1. The van der Waals surface area contributed by atoms with E-state index in [-0.39, 0.29) is 42.2 Å². The van der Waals surface area contributed by atoms with Crippen LogP contribution in [0.25, 0.3) is 0 Å². The highest BCUT2D eigenvalue weighted by Gasteiger charge is 2.24. The van der Waals surface area contributed by atoms with Gasteiger partial charge < -0.3 is 16.0 Å². The van der Waals surface area contributed by atoms with Crippen molar-refractivity contribution < 1.29 is 9.59 Å². The topological polar surface area (TPSA) is 70.2 Å². The molecular formula is C15H28ClN3O2. The van der Waals surface area contributed by atoms with Crippen LogP contribution in [-0.4, -0.2) is 37.0 Å². The smallest absolute Gasteiger partial charge is 0.223 e. The van der Waals surface area contributed by atoms with Gasteiger partial charge in [-0.15, -0.1) is 12.4 Å². The van der Waals surface area contributed by atoms with Gasteiger partial charge in [-0.3, -0.25) is 9.59 Å². The molecule has 122 valence electrons. The highest BCUT2D eigenvalue weighted by atomic mass is 35.5. The van der Waals surface area contributed by atoms with Crippen molar-refractivity contribution in [2.24, 2.45) is 5.92 Å². The van der Waals surface area contributed by atoms with Gasteiger partial charge in [0.05, 0.1) is 0 Å². The van der Waals surface area contributed by atoms with Crippen molar-refractivity contribution >= 4 is 24.2 Å². The van der Waals surface area contributed by atoms with Crippen LogP contribution in [0.2, 0.25) is 0 Å². The van der Waals surface area contributed by atoms with Gasteiger partial charge in [-0.1, -0.05) is 12.8 Å². The van der Waals surface area contributed by atoms with Crippen LogP contribution in [0, 0.1) is 5.92 Å². The van der Waals surface area contributed by atoms with E-state index < -0.39 is 0 Å². The van der Waals surface area contributed by atoms with E-state index in [1.807, 2.05) is 6.92 Å². The number of halogens is 1. The van der Waals surface area contributed by atoms with Gasteiger partial charge in [0.1, 0.15) is 0 Å². The van der Waals surface area contributed by atoms with Crippen molar-refractivity contribution in [1.29, 1.82) is 0 Å². The zero-order chi connectivity index (χ0) is 14.4. The quantitative estimate of drug-likeness (QED) is 0.717. The fraction of sp³-hybridized carbons (Fsp3) is 0.867. The minimum absolute atomic E-state index is 0. The molecule has 0 bridgehead atoms. The molecule has 5 nitrogen and oxygen atoms in total. The van der Waals surface area contributed by atoms with Gasteiger partial charge in [-0.2, -0.15) is 0 Å². The predicted octanol–water partition coefficient (Wildman–Crippen LogP) is 1.36. The summed E-state index contributed by atoms with van der Waals surface area (Å²) in [5.41, 5.74) is 0. The number of carbonyl (C=O) groups is 2. The Balaban J connectivity index is 0.00000220. The normalized spacial score (nSPS) is 24.0. The molecule has 1 heterocycles. The van der Waals surface area contributed by atoms with Gasteiger partial charge in [0.25, 0.3) is 0 Å². The molecule has 21 heavy (non-hydrogen) atoms. The molecule has 2 rings (SSSR count). The zero-order valence-corrected chi connectivity index (χ0v) is 13.6. The lowest BCUT2D eigenvalue weighted by Gasteiger charge is -2.24. The van der Waals surface area contributed by atoms with Crippen molar-refractivity contribution in [1.82, 2.24) is 16.0 Å². The maximum atomic E-state index is 12.0. The molecule has 3 N–H and O–H groups in total. The summed E-state index contributed by atoms with van der Waals surface area (Å²) in [4.78, 5) is 23.9. The van der Waals surface area contributed by atoms with Gasteiger partial charge in [-0.25, -0.2) is 0 Å². The van der Waals surface area contributed by atoms with E-state index in [0.29, 0.717) is 6.42 Å². The van der Waals surface area contributed by atoms with Gasteiger partial charge in [0.2, 0.25) is 11.8 Å². The summed E-state index contributed by atoms with van der Waals surface area (Å²) in [5.74, 6) is 0.336. The molecule has 0 aromatic rings. The fourth-order valence-electron chi connectivity index (χ4n) is 3.14. The molecule has 0 radical (unpaired) electrons. The van der Waals surface area contributed by atoms with Crippen LogP contribution in [-0.2, 0) is 9.59 Å². The van der Waals surface area contributed by atoms with E-state index in [1.165, 1.54) is 0 Å². The van der Waals surface area contributed by atoms with E-state index in [2.05, 4.69) is 16.0 Å². The van der Waals surface area contributed by atoms with Crippen LogP contribution >= 0.6 is 12.4 Å². The van der Waals surface area contributed by atoms with Crippen LogP contribution in [0.15, 0.2) is 0 Å². The van der Waals surface area contributed by atoms with Crippen molar-refractivity contribution in [3.63, 3.8) is 0 Å². The highest BCUT2D eigenvalue weighted by molar-refractivity contribution is 5.85. The van der Waals surface area contributed by atoms with Crippen LogP contribution in [0.4, 0.5) is 0 Å². The largest absolute Gasteiger partial charge is 0.353 e. The molecule has 1 aliphatic heterocycles. The van der Waals surface area contributed by atoms with Crippen molar-refractivity contribution in [2.75, 3.05) is 13.1 Å². The van der Waals surface area contributed by atoms with Gasteiger partial charge in [0.15, 0.2) is 0 Å². The molecule has 1 aliphatic carbocycles. The molecule has 0 aromatic carbocycles. The van der Waals surface area contributed by atoms with Crippen LogP contribution in [0.5, 0.6) is 0 Å². The summed E-state index contributed by atoms with van der Waals surface area (Å²) in [6.07, 6.45) is 6.83. The second kappa shape index (κ2) is 9.26. The number of hydrogen-bond acceptors (Lipinski definition) is 3. The summed E-state index contributed by atoms with van der Waals surface area (Å²) in [6, 6.07) is 0.161. The summed E-state index contributed by atoms with van der Waals surface area (Å²) in [7, 11) is 0. The summed E-state index contributed by atoms with van der Waals surface area (Å²) < 4.78 is 0. The third-order valence-electron chi connectivity index (χ3n) is 4.27. The van der Waals surface area contributed by atoms with E-state index in [9.17, 15) is 9.59 Å². The minimum atomic E-state index is -0.0837. The van der Waals surface area contributed by atoms with E-state index in [0.717, 1.165) is 51.6 Å². The fourth-order valence-corrected chi connectivity index (χ4v) is 3.14. The Hall–Kier alpha value is -0.810. The molecule has 0 spiro atoms. The maximum Gasteiger partial charge on any atom is 0.223 e. The number of carbonyl (C=O) groups excluding carboxylic acids is 2. The van der Waals surface area contributed by atoms with Gasteiger partial charge in [0, 0.05) is 31.0 Å². The molecule has 1 saturated carbocycles. The molecule has 2 fully saturated rings. The third kappa shape index (κ3) is 6.22. The SMILES string of the molecule is CC(CC(=O)N[C@H]1CCCNC1)NC(=O)C1CCCC1.Cl. The number of nitrogens with one attached hydrogen (secondary N) is 3. The predicted molar refractivity (Wildman–Crippen MR) is 85.5 cm³/mol. The Kier molecular flexibility index (Phi) is 8.04. The number of amides is 2. The minimum Gasteiger partial charge on any atom is -0.353 e. The second-order valence-electron chi connectivity index (χ2n) is 6.21. The van der Waals surface area contributed by atoms with Crippen LogP contribution < -0.4 is 16.0 Å². The number of rotatable bonds is 5. The average Bonchev–Trinajstić information content (AvgIpc) is 2.93. The van der Waals surface area contributed by atoms with E-state index >= 15 is 0 Å². The van der Waals surface area contributed by atoms with Crippen LogP contribution in [0.1, 0.15) is 51.9 Å². The lowest BCUT2D eigenvalue weighted by Crippen LogP contribution is -2.47. The Morgan fingerprint density at radius 3 is 2.52 bits per heavy atom. The Morgan fingerprint density at radius 2 is 1.90 bits per heavy atom. The molecule has 0 aromatic heterocycles. The first-order chi connectivity index (χ1) is 9.65. The molecule has 6 heteroatoms. The monoisotopic (exact) mass is 317 g/mol. The first kappa shape index (κ1) is 18.2. The Labute approximate surface area is 133 Å². The summed E-state index contributed by atoms with van der Waals surface area (Å²) in [5, 5.41) is 9.29. The number of hydrogen-bond donors (Lipinski definition) is 3. The zero-order valence-electron chi connectivity index (χ0n) is 12.8. The second-order valence-corrected chi connectivity index (χ2v) is 6.21. The molecule has 2 aliphatic rings. The maximum absolute atomic E-state index is 12.0. The summed E-state index contributed by atoms with van der Waals surface area (Å²) >= 11 is 0. The van der Waals surface area contributed by atoms with Crippen molar-refractivity contribution in [3.05, 3.63) is 0 Å². The molecule has 1 saturated heterocycles. The van der Waals surface area contributed by atoms with Gasteiger partial charge in [-0.05, 0) is 39.2 Å². The first-order valence-corrected chi connectivity index (χ1v) is 7.95. The van der Waals surface area contributed by atoms with Gasteiger partial charge >= 0.3 is 0 Å². The van der Waals surface area contributed by atoms with E-state index in [4.69, 9.17) is 0 Å². The molecule has 2 atom stereocenters. The standard InChI is InChI=1S/C15H27N3O2.ClH/c1-11(17-15(20)12-5-2-3-6-12)9-14(19)18-13-7-4-8-16-10-13;/h11-13,16H,2-10H2,1H3,(H,17,20)(H,18,19);1H/t11?,13-;/m0./s1. The average molecular weight is 318 g/mol. The molecule has 1 unspecified atom stereocenters. The first-order valence-electron chi connectivity index (χ1n) is 7.95. The van der Waals surface area contributed by atoms with Crippen LogP contribution in [0.3, 0.4) is 0 Å². The number of piperidine rings is 1. The van der Waals surface area contributed by atoms with Crippen molar-refractivity contribution in [3.8, 4) is 0 Å².